The normalized spacial score (nSPS) is 11.9. The van der Waals surface area contributed by atoms with Gasteiger partial charge in [0.05, 0.1) is 0 Å². The van der Waals surface area contributed by atoms with E-state index in [4.69, 9.17) is 11.6 Å². The molecule has 168 valence electrons. The lowest BCUT2D eigenvalue weighted by atomic mass is 10.0. The molecule has 0 unspecified atom stereocenters. The molecule has 0 heterocycles. The van der Waals surface area contributed by atoms with E-state index in [-0.39, 0.29) is 11.9 Å². The molecular formula is C26H27ClF2N2O. The summed E-state index contributed by atoms with van der Waals surface area (Å²) in [7, 11) is 0. The number of hydrogen-bond donors (Lipinski definition) is 2. The summed E-state index contributed by atoms with van der Waals surface area (Å²) in [5.74, 6) is -1.51. The summed E-state index contributed by atoms with van der Waals surface area (Å²) in [6, 6.07) is 18.1. The Hall–Kier alpha value is -2.76. The number of amides is 1. The van der Waals surface area contributed by atoms with Crippen molar-refractivity contribution in [3.05, 3.63) is 106 Å². The molecule has 0 bridgehead atoms. The van der Waals surface area contributed by atoms with Crippen molar-refractivity contribution >= 4 is 17.5 Å². The number of nitrogens with one attached hydrogen (secondary N) is 2. The van der Waals surface area contributed by atoms with Gasteiger partial charge in [0.2, 0.25) is 0 Å². The van der Waals surface area contributed by atoms with Gasteiger partial charge in [-0.2, -0.15) is 0 Å². The lowest BCUT2D eigenvalue weighted by molar-refractivity contribution is 0.0935. The second-order valence-electron chi connectivity index (χ2n) is 7.80. The summed E-state index contributed by atoms with van der Waals surface area (Å²) < 4.78 is 27.3. The van der Waals surface area contributed by atoms with Crippen LogP contribution < -0.4 is 10.6 Å². The SMILES string of the molecule is CCc1cccc(CNCC[C@@H](Cc2cc(F)cc(F)c2)NC(=O)c2ccc(Cl)cc2)c1. The van der Waals surface area contributed by atoms with Crippen molar-refractivity contribution in [1.82, 2.24) is 10.6 Å². The van der Waals surface area contributed by atoms with Gasteiger partial charge in [-0.1, -0.05) is 42.8 Å². The van der Waals surface area contributed by atoms with Crippen LogP contribution in [0.5, 0.6) is 0 Å². The van der Waals surface area contributed by atoms with Gasteiger partial charge in [0.1, 0.15) is 11.6 Å². The Morgan fingerprint density at radius 1 is 0.938 bits per heavy atom. The highest BCUT2D eigenvalue weighted by Crippen LogP contribution is 2.14. The van der Waals surface area contributed by atoms with Gasteiger partial charge >= 0.3 is 0 Å². The number of carbonyl (C=O) groups is 1. The fourth-order valence-electron chi connectivity index (χ4n) is 3.58. The van der Waals surface area contributed by atoms with Crippen LogP contribution in [0.2, 0.25) is 5.02 Å². The third kappa shape index (κ3) is 7.43. The third-order valence-electron chi connectivity index (χ3n) is 5.24. The lowest BCUT2D eigenvalue weighted by Crippen LogP contribution is -2.38. The van der Waals surface area contributed by atoms with E-state index >= 15 is 0 Å². The minimum absolute atomic E-state index is 0.251. The van der Waals surface area contributed by atoms with E-state index in [1.165, 1.54) is 23.3 Å². The summed E-state index contributed by atoms with van der Waals surface area (Å²) in [5.41, 5.74) is 3.46. The van der Waals surface area contributed by atoms with Gasteiger partial charge in [-0.3, -0.25) is 4.79 Å². The Kier molecular flexibility index (Phi) is 8.77. The Morgan fingerprint density at radius 2 is 1.62 bits per heavy atom. The molecular weight excluding hydrogens is 430 g/mol. The van der Waals surface area contributed by atoms with Crippen molar-refractivity contribution in [2.24, 2.45) is 0 Å². The Morgan fingerprint density at radius 3 is 2.31 bits per heavy atom. The molecule has 2 N–H and O–H groups in total. The smallest absolute Gasteiger partial charge is 0.251 e. The first-order valence-corrected chi connectivity index (χ1v) is 11.1. The number of aryl methyl sites for hydroxylation is 1. The standard InChI is InChI=1S/C26H27ClF2N2O/c1-2-18-4-3-5-19(12-18)17-30-11-10-25(15-20-13-23(28)16-24(29)14-20)31-26(32)21-6-8-22(27)9-7-21/h3-9,12-14,16,25,30H,2,10-11,15,17H2,1H3,(H,31,32)/t25-/m0/s1. The molecule has 0 saturated heterocycles. The maximum absolute atomic E-state index is 13.6. The Bertz CT molecular complexity index is 1020. The average Bonchev–Trinajstić information content (AvgIpc) is 2.76. The highest BCUT2D eigenvalue weighted by Gasteiger charge is 2.16. The van der Waals surface area contributed by atoms with Crippen molar-refractivity contribution in [3.63, 3.8) is 0 Å². The second kappa shape index (κ2) is 11.7. The number of hydrogen-bond acceptors (Lipinski definition) is 2. The molecule has 0 aromatic heterocycles. The molecule has 0 aliphatic carbocycles. The molecule has 0 aliphatic rings. The van der Waals surface area contributed by atoms with Crippen LogP contribution in [0.3, 0.4) is 0 Å². The van der Waals surface area contributed by atoms with E-state index in [1.807, 2.05) is 6.07 Å². The zero-order chi connectivity index (χ0) is 22.9. The topological polar surface area (TPSA) is 41.1 Å². The predicted octanol–water partition coefficient (Wildman–Crippen LogP) is 5.70. The maximum atomic E-state index is 13.6. The minimum atomic E-state index is -0.628. The highest BCUT2D eigenvalue weighted by atomic mass is 35.5. The van der Waals surface area contributed by atoms with Gasteiger partial charge in [-0.25, -0.2) is 8.78 Å². The Balaban J connectivity index is 1.63. The summed E-state index contributed by atoms with van der Waals surface area (Å²) in [6.45, 7) is 3.47. The summed E-state index contributed by atoms with van der Waals surface area (Å²) in [4.78, 5) is 12.7. The van der Waals surface area contributed by atoms with E-state index in [0.29, 0.717) is 42.1 Å². The van der Waals surface area contributed by atoms with Gasteiger partial charge in [0, 0.05) is 29.2 Å². The molecule has 0 fully saturated rings. The third-order valence-corrected chi connectivity index (χ3v) is 5.50. The molecule has 0 radical (unpaired) electrons. The molecule has 0 spiro atoms. The van der Waals surface area contributed by atoms with Crippen molar-refractivity contribution < 1.29 is 13.6 Å². The summed E-state index contributed by atoms with van der Waals surface area (Å²) in [6.07, 6.45) is 1.91. The van der Waals surface area contributed by atoms with Gasteiger partial charge < -0.3 is 10.6 Å². The summed E-state index contributed by atoms with van der Waals surface area (Å²) in [5, 5.41) is 6.93. The highest BCUT2D eigenvalue weighted by molar-refractivity contribution is 6.30. The largest absolute Gasteiger partial charge is 0.349 e. The zero-order valence-corrected chi connectivity index (χ0v) is 18.8. The van der Waals surface area contributed by atoms with Crippen molar-refractivity contribution in [2.75, 3.05) is 6.54 Å². The van der Waals surface area contributed by atoms with Crippen LogP contribution in [-0.4, -0.2) is 18.5 Å². The molecule has 0 saturated carbocycles. The van der Waals surface area contributed by atoms with Crippen LogP contribution >= 0.6 is 11.6 Å². The van der Waals surface area contributed by atoms with Crippen LogP contribution in [0.4, 0.5) is 8.78 Å². The molecule has 3 nitrogen and oxygen atoms in total. The van der Waals surface area contributed by atoms with E-state index in [1.54, 1.807) is 24.3 Å². The van der Waals surface area contributed by atoms with E-state index < -0.39 is 11.6 Å². The number of carbonyl (C=O) groups excluding carboxylic acids is 1. The molecule has 6 heteroatoms. The molecule has 3 aromatic rings. The first-order chi connectivity index (χ1) is 15.4. The first-order valence-electron chi connectivity index (χ1n) is 10.7. The van der Waals surface area contributed by atoms with Crippen LogP contribution in [0, 0.1) is 11.6 Å². The first kappa shape index (κ1) is 23.9. The lowest BCUT2D eigenvalue weighted by Gasteiger charge is -2.20. The van der Waals surface area contributed by atoms with Crippen LogP contribution in [-0.2, 0) is 19.4 Å². The van der Waals surface area contributed by atoms with E-state index in [9.17, 15) is 13.6 Å². The summed E-state index contributed by atoms with van der Waals surface area (Å²) >= 11 is 5.90. The fourth-order valence-corrected chi connectivity index (χ4v) is 3.70. The molecule has 32 heavy (non-hydrogen) atoms. The zero-order valence-electron chi connectivity index (χ0n) is 18.0. The number of benzene rings is 3. The van der Waals surface area contributed by atoms with Crippen LogP contribution in [0.25, 0.3) is 0 Å². The fraction of sp³-hybridized carbons (Fsp3) is 0.269. The second-order valence-corrected chi connectivity index (χ2v) is 8.23. The molecule has 1 atom stereocenters. The van der Waals surface area contributed by atoms with Gasteiger partial charge in [0.15, 0.2) is 0 Å². The molecule has 3 rings (SSSR count). The molecule has 3 aromatic carbocycles. The average molecular weight is 457 g/mol. The van der Waals surface area contributed by atoms with Gasteiger partial charge in [0.25, 0.3) is 5.91 Å². The van der Waals surface area contributed by atoms with E-state index in [2.05, 4.69) is 35.8 Å². The van der Waals surface area contributed by atoms with Crippen molar-refractivity contribution in [3.8, 4) is 0 Å². The molecule has 1 amide bonds. The quantitative estimate of drug-likeness (QED) is 0.384. The molecule has 0 aliphatic heterocycles. The number of rotatable bonds is 10. The van der Waals surface area contributed by atoms with Crippen molar-refractivity contribution in [2.45, 2.75) is 38.8 Å². The number of halogens is 3. The van der Waals surface area contributed by atoms with Crippen LogP contribution in [0.1, 0.15) is 40.4 Å². The maximum Gasteiger partial charge on any atom is 0.251 e. The van der Waals surface area contributed by atoms with E-state index in [0.717, 1.165) is 12.5 Å². The predicted molar refractivity (Wildman–Crippen MR) is 125 cm³/mol. The Labute approximate surface area is 192 Å². The minimum Gasteiger partial charge on any atom is -0.349 e. The monoisotopic (exact) mass is 456 g/mol. The van der Waals surface area contributed by atoms with Crippen LogP contribution in [0.15, 0.2) is 66.7 Å². The van der Waals surface area contributed by atoms with Gasteiger partial charge in [-0.15, -0.1) is 0 Å². The van der Waals surface area contributed by atoms with Gasteiger partial charge in [-0.05, 0) is 78.9 Å². The van der Waals surface area contributed by atoms with Crippen molar-refractivity contribution in [1.29, 1.82) is 0 Å².